The lowest BCUT2D eigenvalue weighted by molar-refractivity contribution is -0.116. The number of nitrogens with one attached hydrogen (secondary N) is 2. The number of benzene rings is 1. The van der Waals surface area contributed by atoms with Crippen LogP contribution in [-0.4, -0.2) is 10.9 Å². The Bertz CT molecular complexity index is 739. The number of hydrogen-bond donors (Lipinski definition) is 2. The fraction of sp³-hybridized carbons (Fsp3) is 0.444. The Kier molecular flexibility index (Phi) is 4.69. The maximum absolute atomic E-state index is 11.9. The van der Waals surface area contributed by atoms with Gasteiger partial charge in [-0.3, -0.25) is 9.59 Å². The van der Waals surface area contributed by atoms with Crippen molar-refractivity contribution in [1.29, 1.82) is 0 Å². The van der Waals surface area contributed by atoms with Crippen molar-refractivity contribution in [2.75, 3.05) is 5.32 Å². The Morgan fingerprint density at radius 2 is 1.95 bits per heavy atom. The van der Waals surface area contributed by atoms with Crippen LogP contribution in [0.1, 0.15) is 52.5 Å². The first kappa shape index (κ1) is 16.3. The highest BCUT2D eigenvalue weighted by Gasteiger charge is 2.18. The summed E-state index contributed by atoms with van der Waals surface area (Å²) in [6, 6.07) is 7.33. The first-order valence-electron chi connectivity index (χ1n) is 7.78. The molecule has 118 valence electrons. The van der Waals surface area contributed by atoms with Crippen LogP contribution in [-0.2, 0) is 10.2 Å². The van der Waals surface area contributed by atoms with Gasteiger partial charge in [0.1, 0.15) is 0 Å². The lowest BCUT2D eigenvalue weighted by atomic mass is 9.85. The number of aromatic nitrogens is 1. The Morgan fingerprint density at radius 3 is 2.59 bits per heavy atom. The lowest BCUT2D eigenvalue weighted by Crippen LogP contribution is -2.17. The second-order valence-electron chi connectivity index (χ2n) is 6.71. The zero-order valence-corrected chi connectivity index (χ0v) is 13.7. The molecule has 2 aromatic rings. The molecular weight excluding hydrogens is 276 g/mol. The van der Waals surface area contributed by atoms with E-state index in [1.165, 1.54) is 0 Å². The van der Waals surface area contributed by atoms with Gasteiger partial charge in [-0.1, -0.05) is 40.2 Å². The number of aromatic amines is 1. The van der Waals surface area contributed by atoms with Gasteiger partial charge in [0.15, 0.2) is 0 Å². The molecule has 22 heavy (non-hydrogen) atoms. The van der Waals surface area contributed by atoms with E-state index in [2.05, 4.69) is 38.0 Å². The van der Waals surface area contributed by atoms with E-state index in [1.807, 2.05) is 18.2 Å². The van der Waals surface area contributed by atoms with E-state index in [0.29, 0.717) is 6.42 Å². The van der Waals surface area contributed by atoms with Gasteiger partial charge in [0.2, 0.25) is 11.5 Å². The van der Waals surface area contributed by atoms with Crippen molar-refractivity contribution in [3.8, 4) is 0 Å². The summed E-state index contributed by atoms with van der Waals surface area (Å²) in [6.07, 6.45) is 2.39. The van der Waals surface area contributed by atoms with E-state index in [0.717, 1.165) is 35.0 Å². The third-order valence-corrected chi connectivity index (χ3v) is 3.69. The number of unbranched alkanes of at least 4 members (excludes halogenated alkanes) is 1. The topological polar surface area (TPSA) is 62.0 Å². The minimum atomic E-state index is -0.119. The number of H-pyrrole nitrogens is 1. The molecule has 2 rings (SSSR count). The SMILES string of the molecule is CCCCC(=O)Nc1ccc2c(C(C)(C)C)cc(=O)[nH]c2c1. The highest BCUT2D eigenvalue weighted by Crippen LogP contribution is 2.29. The van der Waals surface area contributed by atoms with Gasteiger partial charge in [0.05, 0.1) is 5.52 Å². The number of carbonyl (C=O) groups is 1. The Balaban J connectivity index is 2.39. The van der Waals surface area contributed by atoms with Crippen LogP contribution in [0.4, 0.5) is 5.69 Å². The molecule has 0 bridgehead atoms. The molecule has 2 N–H and O–H groups in total. The first-order chi connectivity index (χ1) is 10.3. The normalized spacial score (nSPS) is 11.6. The van der Waals surface area contributed by atoms with Gasteiger partial charge in [-0.15, -0.1) is 0 Å². The molecule has 0 fully saturated rings. The summed E-state index contributed by atoms with van der Waals surface area (Å²) < 4.78 is 0. The molecule has 1 aromatic heterocycles. The van der Waals surface area contributed by atoms with Crippen molar-refractivity contribution in [3.63, 3.8) is 0 Å². The summed E-state index contributed by atoms with van der Waals surface area (Å²) in [5.74, 6) is 0.00974. The van der Waals surface area contributed by atoms with Crippen LogP contribution < -0.4 is 10.9 Å². The largest absolute Gasteiger partial charge is 0.326 e. The quantitative estimate of drug-likeness (QED) is 0.898. The van der Waals surface area contributed by atoms with Crippen LogP contribution in [0.15, 0.2) is 29.1 Å². The number of rotatable bonds is 4. The molecule has 0 radical (unpaired) electrons. The third-order valence-electron chi connectivity index (χ3n) is 3.69. The third kappa shape index (κ3) is 3.75. The number of pyridine rings is 1. The Morgan fingerprint density at radius 1 is 1.23 bits per heavy atom. The monoisotopic (exact) mass is 300 g/mol. The standard InChI is InChI=1S/C18H24N2O2/c1-5-6-7-16(21)19-12-8-9-13-14(18(2,3)4)11-17(22)20-15(13)10-12/h8-11H,5-7H2,1-4H3,(H,19,21)(H,20,22). The van der Waals surface area contributed by atoms with Gasteiger partial charge in [-0.05, 0) is 29.5 Å². The molecule has 0 saturated carbocycles. The molecular formula is C18H24N2O2. The van der Waals surface area contributed by atoms with Gasteiger partial charge in [-0.25, -0.2) is 0 Å². The number of carbonyl (C=O) groups excluding carboxylic acids is 1. The molecule has 0 unspecified atom stereocenters. The average molecular weight is 300 g/mol. The maximum atomic E-state index is 11.9. The van der Waals surface area contributed by atoms with E-state index >= 15 is 0 Å². The Hall–Kier alpha value is -2.10. The summed E-state index contributed by atoms with van der Waals surface area (Å²) in [5.41, 5.74) is 2.25. The molecule has 0 aliphatic heterocycles. The fourth-order valence-corrected chi connectivity index (χ4v) is 2.52. The smallest absolute Gasteiger partial charge is 0.248 e. The van der Waals surface area contributed by atoms with Crippen LogP contribution >= 0.6 is 0 Å². The molecule has 0 aliphatic rings. The van der Waals surface area contributed by atoms with Crippen LogP contribution in [0, 0.1) is 0 Å². The summed E-state index contributed by atoms with van der Waals surface area (Å²) in [5, 5.41) is 3.90. The average Bonchev–Trinajstić information content (AvgIpc) is 2.42. The summed E-state index contributed by atoms with van der Waals surface area (Å²) in [4.78, 5) is 26.6. The zero-order chi connectivity index (χ0) is 16.3. The molecule has 0 atom stereocenters. The van der Waals surface area contributed by atoms with Crippen LogP contribution in [0.3, 0.4) is 0 Å². The fourth-order valence-electron chi connectivity index (χ4n) is 2.52. The van der Waals surface area contributed by atoms with E-state index in [-0.39, 0.29) is 16.9 Å². The van der Waals surface area contributed by atoms with E-state index in [4.69, 9.17) is 0 Å². The molecule has 0 aliphatic carbocycles. The van der Waals surface area contributed by atoms with E-state index in [9.17, 15) is 9.59 Å². The summed E-state index contributed by atoms with van der Waals surface area (Å²) in [6.45, 7) is 8.31. The highest BCUT2D eigenvalue weighted by atomic mass is 16.1. The Labute approximate surface area is 130 Å². The number of hydrogen-bond acceptors (Lipinski definition) is 2. The molecule has 1 amide bonds. The molecule has 1 aromatic carbocycles. The first-order valence-corrected chi connectivity index (χ1v) is 7.78. The van der Waals surface area contributed by atoms with Gasteiger partial charge in [-0.2, -0.15) is 0 Å². The highest BCUT2D eigenvalue weighted by molar-refractivity contribution is 5.94. The van der Waals surface area contributed by atoms with Gasteiger partial charge < -0.3 is 10.3 Å². The van der Waals surface area contributed by atoms with Crippen molar-refractivity contribution in [3.05, 3.63) is 40.2 Å². The number of amides is 1. The minimum absolute atomic E-state index is 0.00974. The maximum Gasteiger partial charge on any atom is 0.248 e. The van der Waals surface area contributed by atoms with Crippen molar-refractivity contribution >= 4 is 22.5 Å². The van der Waals surface area contributed by atoms with Gasteiger partial charge >= 0.3 is 0 Å². The summed E-state index contributed by atoms with van der Waals surface area (Å²) in [7, 11) is 0. The molecule has 0 saturated heterocycles. The molecule has 4 heteroatoms. The molecule has 4 nitrogen and oxygen atoms in total. The van der Waals surface area contributed by atoms with Crippen LogP contribution in [0.2, 0.25) is 0 Å². The van der Waals surface area contributed by atoms with Crippen molar-refractivity contribution in [1.82, 2.24) is 4.98 Å². The molecule has 1 heterocycles. The van der Waals surface area contributed by atoms with Crippen molar-refractivity contribution in [2.24, 2.45) is 0 Å². The summed E-state index contributed by atoms with van der Waals surface area (Å²) >= 11 is 0. The van der Waals surface area contributed by atoms with Gasteiger partial charge in [0, 0.05) is 23.6 Å². The zero-order valence-electron chi connectivity index (χ0n) is 13.7. The predicted molar refractivity (Wildman–Crippen MR) is 91.4 cm³/mol. The van der Waals surface area contributed by atoms with Crippen LogP contribution in [0.5, 0.6) is 0 Å². The lowest BCUT2D eigenvalue weighted by Gasteiger charge is -2.21. The van der Waals surface area contributed by atoms with Gasteiger partial charge in [0.25, 0.3) is 0 Å². The predicted octanol–water partition coefficient (Wildman–Crippen LogP) is 3.95. The second-order valence-corrected chi connectivity index (χ2v) is 6.71. The van der Waals surface area contributed by atoms with E-state index in [1.54, 1.807) is 6.07 Å². The number of fused-ring (bicyclic) bond motifs is 1. The van der Waals surface area contributed by atoms with E-state index < -0.39 is 0 Å². The van der Waals surface area contributed by atoms with Crippen molar-refractivity contribution < 1.29 is 4.79 Å². The molecule has 0 spiro atoms. The minimum Gasteiger partial charge on any atom is -0.326 e. The van der Waals surface area contributed by atoms with Crippen LogP contribution in [0.25, 0.3) is 10.9 Å². The second kappa shape index (κ2) is 6.34. The number of anilines is 1. The van der Waals surface area contributed by atoms with Crippen molar-refractivity contribution in [2.45, 2.75) is 52.4 Å².